The quantitative estimate of drug-likeness (QED) is 0.814. The van der Waals surface area contributed by atoms with Crippen molar-refractivity contribution in [3.05, 3.63) is 24.3 Å². The minimum atomic E-state index is -3.44. The van der Waals surface area contributed by atoms with E-state index in [1.807, 2.05) is 11.8 Å². The fourth-order valence-electron chi connectivity index (χ4n) is 2.00. The van der Waals surface area contributed by atoms with Gasteiger partial charge in [-0.3, -0.25) is 4.79 Å². The molecular weight excluding hydrogens is 280 g/mol. The van der Waals surface area contributed by atoms with Crippen LogP contribution in [0.3, 0.4) is 0 Å². The first-order valence-electron chi connectivity index (χ1n) is 6.51. The summed E-state index contributed by atoms with van der Waals surface area (Å²) in [6, 6.07) is 6.50. The third kappa shape index (κ3) is 3.10. The smallest absolute Gasteiger partial charge is 0.310 e. The SMILES string of the molecule is CCCNS(=O)(=O)c1ccc(N2CC(C(=O)O)C2)cc1. The number of carboxylic acid groups (broad SMARTS) is 1. The number of anilines is 1. The summed E-state index contributed by atoms with van der Waals surface area (Å²) in [5, 5.41) is 8.82. The lowest BCUT2D eigenvalue weighted by atomic mass is 10.00. The fraction of sp³-hybridized carbons (Fsp3) is 0.462. The van der Waals surface area contributed by atoms with Gasteiger partial charge in [0.2, 0.25) is 10.0 Å². The van der Waals surface area contributed by atoms with Gasteiger partial charge in [0.1, 0.15) is 0 Å². The molecule has 0 atom stereocenters. The first-order chi connectivity index (χ1) is 9.44. The summed E-state index contributed by atoms with van der Waals surface area (Å²) in [6.07, 6.45) is 0.738. The highest BCUT2D eigenvalue weighted by Crippen LogP contribution is 2.25. The number of hydrogen-bond donors (Lipinski definition) is 2. The van der Waals surface area contributed by atoms with Crippen molar-refractivity contribution in [3.8, 4) is 0 Å². The molecule has 20 heavy (non-hydrogen) atoms. The fourth-order valence-corrected chi connectivity index (χ4v) is 3.14. The zero-order valence-corrected chi connectivity index (χ0v) is 12.1. The van der Waals surface area contributed by atoms with E-state index in [1.54, 1.807) is 24.3 Å². The maximum Gasteiger partial charge on any atom is 0.310 e. The van der Waals surface area contributed by atoms with Gasteiger partial charge in [0, 0.05) is 25.3 Å². The topological polar surface area (TPSA) is 86.7 Å². The molecule has 6 nitrogen and oxygen atoms in total. The zero-order valence-electron chi connectivity index (χ0n) is 11.2. The monoisotopic (exact) mass is 298 g/mol. The number of nitrogens with one attached hydrogen (secondary N) is 1. The second-order valence-electron chi connectivity index (χ2n) is 4.83. The van der Waals surface area contributed by atoms with Gasteiger partial charge >= 0.3 is 5.97 Å². The molecule has 2 rings (SSSR count). The number of carbonyl (C=O) groups is 1. The van der Waals surface area contributed by atoms with E-state index in [0.717, 1.165) is 12.1 Å². The van der Waals surface area contributed by atoms with Crippen molar-refractivity contribution in [2.24, 2.45) is 5.92 Å². The molecule has 0 amide bonds. The highest BCUT2D eigenvalue weighted by molar-refractivity contribution is 7.89. The Kier molecular flexibility index (Phi) is 4.29. The Hall–Kier alpha value is -1.60. The minimum absolute atomic E-state index is 0.227. The minimum Gasteiger partial charge on any atom is -0.481 e. The van der Waals surface area contributed by atoms with Crippen molar-refractivity contribution in [2.75, 3.05) is 24.5 Å². The van der Waals surface area contributed by atoms with Crippen LogP contribution in [0.5, 0.6) is 0 Å². The number of rotatable bonds is 6. The Morgan fingerprint density at radius 3 is 2.45 bits per heavy atom. The van der Waals surface area contributed by atoms with Crippen molar-refractivity contribution in [1.82, 2.24) is 4.72 Å². The molecule has 1 heterocycles. The molecule has 1 aliphatic heterocycles. The summed E-state index contributed by atoms with van der Waals surface area (Å²) >= 11 is 0. The molecule has 0 bridgehead atoms. The Labute approximate surface area is 118 Å². The van der Waals surface area contributed by atoms with E-state index in [1.165, 1.54) is 0 Å². The maximum absolute atomic E-state index is 11.9. The van der Waals surface area contributed by atoms with E-state index in [2.05, 4.69) is 4.72 Å². The number of carboxylic acids is 1. The molecule has 0 unspecified atom stereocenters. The van der Waals surface area contributed by atoms with Crippen LogP contribution in [-0.4, -0.2) is 39.1 Å². The van der Waals surface area contributed by atoms with Crippen LogP contribution >= 0.6 is 0 Å². The Morgan fingerprint density at radius 1 is 1.35 bits per heavy atom. The third-order valence-electron chi connectivity index (χ3n) is 3.29. The van der Waals surface area contributed by atoms with Crippen molar-refractivity contribution in [3.63, 3.8) is 0 Å². The molecule has 1 saturated heterocycles. The maximum atomic E-state index is 11.9. The van der Waals surface area contributed by atoms with Crippen molar-refractivity contribution >= 4 is 21.7 Å². The molecule has 0 aromatic heterocycles. The third-order valence-corrected chi connectivity index (χ3v) is 4.76. The van der Waals surface area contributed by atoms with Crippen LogP contribution in [0.2, 0.25) is 0 Å². The zero-order chi connectivity index (χ0) is 14.8. The lowest BCUT2D eigenvalue weighted by molar-refractivity contribution is -0.142. The molecule has 1 aromatic carbocycles. The number of hydrogen-bond acceptors (Lipinski definition) is 4. The van der Waals surface area contributed by atoms with E-state index in [0.29, 0.717) is 19.6 Å². The van der Waals surface area contributed by atoms with Gasteiger partial charge in [0.25, 0.3) is 0 Å². The molecule has 7 heteroatoms. The first-order valence-corrected chi connectivity index (χ1v) is 8.00. The standard InChI is InChI=1S/C13H18N2O4S/c1-2-7-14-20(18,19)12-5-3-11(4-6-12)15-8-10(9-15)13(16)17/h3-6,10,14H,2,7-9H2,1H3,(H,16,17). The molecule has 0 saturated carbocycles. The van der Waals surface area contributed by atoms with Crippen molar-refractivity contribution in [2.45, 2.75) is 18.2 Å². The summed E-state index contributed by atoms with van der Waals surface area (Å²) in [7, 11) is -3.44. The molecule has 0 spiro atoms. The lowest BCUT2D eigenvalue weighted by Gasteiger charge is -2.38. The number of nitrogens with zero attached hydrogens (tertiary/aromatic N) is 1. The second-order valence-corrected chi connectivity index (χ2v) is 6.60. The van der Waals surface area contributed by atoms with Crippen LogP contribution in [0.4, 0.5) is 5.69 Å². The Bertz CT molecular complexity index is 577. The van der Waals surface area contributed by atoms with E-state index in [4.69, 9.17) is 5.11 Å². The van der Waals surface area contributed by atoms with Crippen LogP contribution in [0, 0.1) is 5.92 Å². The molecule has 1 aromatic rings. The molecule has 0 radical (unpaired) electrons. The van der Waals surface area contributed by atoms with Gasteiger partial charge in [-0.05, 0) is 30.7 Å². The number of sulfonamides is 1. The van der Waals surface area contributed by atoms with Gasteiger partial charge in [-0.25, -0.2) is 13.1 Å². The molecular formula is C13H18N2O4S. The average Bonchev–Trinajstić information content (AvgIpc) is 2.35. The van der Waals surface area contributed by atoms with Crippen LogP contribution in [0.1, 0.15) is 13.3 Å². The highest BCUT2D eigenvalue weighted by Gasteiger charge is 2.32. The normalized spacial score (nSPS) is 15.9. The predicted octanol–water partition coefficient (Wildman–Crippen LogP) is 0.896. The molecule has 110 valence electrons. The van der Waals surface area contributed by atoms with E-state index >= 15 is 0 Å². The largest absolute Gasteiger partial charge is 0.481 e. The number of benzene rings is 1. The van der Waals surface area contributed by atoms with Gasteiger partial charge in [0.15, 0.2) is 0 Å². The first kappa shape index (κ1) is 14.8. The number of aliphatic carboxylic acids is 1. The lowest BCUT2D eigenvalue weighted by Crippen LogP contribution is -2.50. The van der Waals surface area contributed by atoms with Gasteiger partial charge < -0.3 is 10.0 Å². The summed E-state index contributed by atoms with van der Waals surface area (Å²) < 4.78 is 26.3. The summed E-state index contributed by atoms with van der Waals surface area (Å²) in [5.41, 5.74) is 0.844. The van der Waals surface area contributed by atoms with Gasteiger partial charge in [-0.1, -0.05) is 6.92 Å². The summed E-state index contributed by atoms with van der Waals surface area (Å²) in [4.78, 5) is 12.9. The van der Waals surface area contributed by atoms with Crippen molar-refractivity contribution < 1.29 is 18.3 Å². The van der Waals surface area contributed by atoms with E-state index in [9.17, 15) is 13.2 Å². The van der Waals surface area contributed by atoms with E-state index < -0.39 is 16.0 Å². The highest BCUT2D eigenvalue weighted by atomic mass is 32.2. The summed E-state index contributed by atoms with van der Waals surface area (Å²) in [6.45, 7) is 3.25. The molecule has 2 N–H and O–H groups in total. The van der Waals surface area contributed by atoms with Crippen LogP contribution < -0.4 is 9.62 Å². The van der Waals surface area contributed by atoms with Crippen LogP contribution in [0.15, 0.2) is 29.2 Å². The molecule has 1 fully saturated rings. The predicted molar refractivity (Wildman–Crippen MR) is 75.3 cm³/mol. The molecule has 1 aliphatic rings. The van der Waals surface area contributed by atoms with Gasteiger partial charge in [-0.2, -0.15) is 0 Å². The average molecular weight is 298 g/mol. The van der Waals surface area contributed by atoms with Crippen molar-refractivity contribution in [1.29, 1.82) is 0 Å². The second kappa shape index (κ2) is 5.80. The van der Waals surface area contributed by atoms with Crippen LogP contribution in [0.25, 0.3) is 0 Å². The van der Waals surface area contributed by atoms with Crippen LogP contribution in [-0.2, 0) is 14.8 Å². The Morgan fingerprint density at radius 2 is 1.95 bits per heavy atom. The van der Waals surface area contributed by atoms with Gasteiger partial charge in [0.05, 0.1) is 10.8 Å². The Balaban J connectivity index is 2.02. The van der Waals surface area contributed by atoms with E-state index in [-0.39, 0.29) is 10.8 Å². The summed E-state index contributed by atoms with van der Waals surface area (Å²) in [5.74, 6) is -1.12. The van der Waals surface area contributed by atoms with Gasteiger partial charge in [-0.15, -0.1) is 0 Å². The molecule has 0 aliphatic carbocycles.